The van der Waals surface area contributed by atoms with Gasteiger partial charge in [0.05, 0.1) is 19.3 Å². The van der Waals surface area contributed by atoms with Gasteiger partial charge in [-0.1, -0.05) is 11.6 Å². The lowest BCUT2D eigenvalue weighted by Crippen LogP contribution is -2.45. The standard InChI is InChI=1S/C20H33ClN4O2S.HI/c1-6-22-19(23-10-12-28(26)20(2,3)4)24-16-9-11-25(14-16)17-13-15(21)7-8-18(17)27-5;/h7-8,13,16H,6,9-12,14H2,1-5H3,(H2,22,23,24);1H. The molecule has 2 rings (SSSR count). The van der Waals surface area contributed by atoms with Gasteiger partial charge < -0.3 is 20.3 Å². The smallest absolute Gasteiger partial charge is 0.191 e. The molecule has 1 aromatic rings. The number of hydrogen-bond donors (Lipinski definition) is 2. The second kappa shape index (κ2) is 12.2. The number of nitrogens with zero attached hydrogens (tertiary/aromatic N) is 2. The van der Waals surface area contributed by atoms with E-state index in [1.807, 2.05) is 45.9 Å². The van der Waals surface area contributed by atoms with E-state index in [0.29, 0.717) is 17.3 Å². The second-order valence-electron chi connectivity index (χ2n) is 7.81. The van der Waals surface area contributed by atoms with Crippen molar-refractivity contribution in [3.8, 4) is 5.75 Å². The quantitative estimate of drug-likeness (QED) is 0.305. The molecule has 0 aromatic heterocycles. The number of benzene rings is 1. The summed E-state index contributed by atoms with van der Waals surface area (Å²) in [4.78, 5) is 6.89. The third kappa shape index (κ3) is 8.13. The van der Waals surface area contributed by atoms with E-state index in [2.05, 4.69) is 20.5 Å². The second-order valence-corrected chi connectivity index (χ2v) is 10.6. The van der Waals surface area contributed by atoms with Crippen molar-refractivity contribution in [1.29, 1.82) is 0 Å². The first-order chi connectivity index (χ1) is 13.2. The van der Waals surface area contributed by atoms with Crippen molar-refractivity contribution in [1.82, 2.24) is 10.6 Å². The van der Waals surface area contributed by atoms with E-state index < -0.39 is 10.8 Å². The summed E-state index contributed by atoms with van der Waals surface area (Å²) in [5.41, 5.74) is 1.02. The van der Waals surface area contributed by atoms with Crippen LogP contribution in [0.5, 0.6) is 5.75 Å². The van der Waals surface area contributed by atoms with Crippen LogP contribution in [0.1, 0.15) is 34.1 Å². The topological polar surface area (TPSA) is 66.0 Å². The molecule has 1 saturated heterocycles. The highest BCUT2D eigenvalue weighted by atomic mass is 127. The van der Waals surface area contributed by atoms with Crippen molar-refractivity contribution < 1.29 is 8.95 Å². The van der Waals surface area contributed by atoms with Crippen LogP contribution in [0, 0.1) is 0 Å². The van der Waals surface area contributed by atoms with Crippen LogP contribution in [0.3, 0.4) is 0 Å². The zero-order valence-corrected chi connectivity index (χ0v) is 21.9. The summed E-state index contributed by atoms with van der Waals surface area (Å²) in [5, 5.41) is 7.49. The molecule has 1 fully saturated rings. The molecular formula is C20H34ClIN4O2S. The van der Waals surface area contributed by atoms with Gasteiger partial charge in [-0.3, -0.25) is 9.20 Å². The van der Waals surface area contributed by atoms with Gasteiger partial charge in [-0.25, -0.2) is 0 Å². The highest BCUT2D eigenvalue weighted by Crippen LogP contribution is 2.33. The van der Waals surface area contributed by atoms with E-state index in [1.165, 1.54) is 0 Å². The molecule has 29 heavy (non-hydrogen) atoms. The Morgan fingerprint density at radius 3 is 2.76 bits per heavy atom. The Kier molecular flexibility index (Phi) is 11.1. The highest BCUT2D eigenvalue weighted by molar-refractivity contribution is 14.0. The lowest BCUT2D eigenvalue weighted by molar-refractivity contribution is 0.415. The van der Waals surface area contributed by atoms with Gasteiger partial charge in [-0.2, -0.15) is 0 Å². The van der Waals surface area contributed by atoms with Crippen LogP contribution in [0.15, 0.2) is 23.2 Å². The first-order valence-corrected chi connectivity index (χ1v) is 11.5. The molecule has 2 atom stereocenters. The summed E-state index contributed by atoms with van der Waals surface area (Å²) in [7, 11) is 0.781. The molecular weight excluding hydrogens is 523 g/mol. The predicted octanol–water partition coefficient (Wildman–Crippen LogP) is 3.65. The van der Waals surface area contributed by atoms with E-state index in [0.717, 1.165) is 43.5 Å². The lowest BCUT2D eigenvalue weighted by Gasteiger charge is -2.22. The van der Waals surface area contributed by atoms with Gasteiger partial charge in [0.2, 0.25) is 0 Å². The van der Waals surface area contributed by atoms with E-state index in [-0.39, 0.29) is 34.8 Å². The molecule has 0 radical (unpaired) electrons. The van der Waals surface area contributed by atoms with Gasteiger partial charge in [0, 0.05) is 52.0 Å². The number of nitrogens with one attached hydrogen (secondary N) is 2. The average molecular weight is 557 g/mol. The van der Waals surface area contributed by atoms with Crippen molar-refractivity contribution in [2.45, 2.75) is 44.9 Å². The number of hydrogen-bond acceptors (Lipinski definition) is 4. The molecule has 1 aromatic carbocycles. The number of ether oxygens (including phenoxy) is 1. The van der Waals surface area contributed by atoms with Crippen molar-refractivity contribution in [3.05, 3.63) is 23.2 Å². The maximum absolute atomic E-state index is 12.2. The zero-order chi connectivity index (χ0) is 20.7. The highest BCUT2D eigenvalue weighted by Gasteiger charge is 2.25. The molecule has 0 bridgehead atoms. The molecule has 0 saturated carbocycles. The molecule has 166 valence electrons. The molecule has 0 amide bonds. The zero-order valence-electron chi connectivity index (χ0n) is 18.0. The fraction of sp³-hybridized carbons (Fsp3) is 0.650. The third-order valence-corrected chi connectivity index (χ3v) is 6.74. The SMILES string of the molecule is CCNC(=NCCS(=O)C(C)(C)C)NC1CCN(c2cc(Cl)ccc2OC)C1.I. The summed E-state index contributed by atoms with van der Waals surface area (Å²) in [6.07, 6.45) is 0.994. The van der Waals surface area contributed by atoms with Gasteiger partial charge in [0.15, 0.2) is 5.96 Å². The van der Waals surface area contributed by atoms with Gasteiger partial charge in [-0.15, -0.1) is 24.0 Å². The molecule has 1 heterocycles. The molecule has 0 aliphatic carbocycles. The minimum Gasteiger partial charge on any atom is -0.495 e. The van der Waals surface area contributed by atoms with Crippen molar-refractivity contribution >= 4 is 58.0 Å². The fourth-order valence-electron chi connectivity index (χ4n) is 3.07. The maximum atomic E-state index is 12.2. The Morgan fingerprint density at radius 2 is 2.14 bits per heavy atom. The van der Waals surface area contributed by atoms with E-state index in [1.54, 1.807) is 7.11 Å². The van der Waals surface area contributed by atoms with Crippen LogP contribution >= 0.6 is 35.6 Å². The molecule has 9 heteroatoms. The lowest BCUT2D eigenvalue weighted by atomic mass is 10.2. The predicted molar refractivity (Wildman–Crippen MR) is 136 cm³/mol. The first-order valence-electron chi connectivity index (χ1n) is 9.76. The molecule has 1 aliphatic rings. The molecule has 0 spiro atoms. The number of methoxy groups -OCH3 is 1. The van der Waals surface area contributed by atoms with Crippen LogP contribution < -0.4 is 20.3 Å². The van der Waals surface area contributed by atoms with Crippen molar-refractivity contribution in [2.24, 2.45) is 4.99 Å². The van der Waals surface area contributed by atoms with Gasteiger partial charge in [0.1, 0.15) is 5.75 Å². The average Bonchev–Trinajstić information content (AvgIpc) is 3.09. The molecule has 1 aliphatic heterocycles. The Bertz CT molecular complexity index is 712. The maximum Gasteiger partial charge on any atom is 0.191 e. The Labute approximate surface area is 199 Å². The Balaban J connectivity index is 0.00000420. The van der Waals surface area contributed by atoms with Crippen LogP contribution in [0.2, 0.25) is 5.02 Å². The first kappa shape index (κ1) is 26.3. The number of rotatable bonds is 7. The number of guanidine groups is 1. The number of halogens is 2. The van der Waals surface area contributed by atoms with Crippen molar-refractivity contribution in [2.75, 3.05) is 43.9 Å². The van der Waals surface area contributed by atoms with Gasteiger partial charge >= 0.3 is 0 Å². The fourth-order valence-corrected chi connectivity index (χ4v) is 4.10. The monoisotopic (exact) mass is 556 g/mol. The molecule has 2 unspecified atom stereocenters. The van der Waals surface area contributed by atoms with Crippen LogP contribution in [0.4, 0.5) is 5.69 Å². The van der Waals surface area contributed by atoms with Gasteiger partial charge in [-0.05, 0) is 52.3 Å². The summed E-state index contributed by atoms with van der Waals surface area (Å²) < 4.78 is 17.5. The summed E-state index contributed by atoms with van der Waals surface area (Å²) in [6, 6.07) is 5.96. The van der Waals surface area contributed by atoms with Crippen LogP contribution in [-0.2, 0) is 10.8 Å². The van der Waals surface area contributed by atoms with E-state index in [4.69, 9.17) is 16.3 Å². The molecule has 2 N–H and O–H groups in total. The minimum atomic E-state index is -0.896. The summed E-state index contributed by atoms with van der Waals surface area (Å²) >= 11 is 6.18. The summed E-state index contributed by atoms with van der Waals surface area (Å²) in [5.74, 6) is 2.17. The number of anilines is 1. The van der Waals surface area contributed by atoms with E-state index >= 15 is 0 Å². The normalized spacial score (nSPS) is 18.2. The van der Waals surface area contributed by atoms with E-state index in [9.17, 15) is 4.21 Å². The number of aliphatic imine (C=N–C) groups is 1. The van der Waals surface area contributed by atoms with Crippen LogP contribution in [-0.4, -0.2) is 60.0 Å². The van der Waals surface area contributed by atoms with Crippen LogP contribution in [0.25, 0.3) is 0 Å². The minimum absolute atomic E-state index is 0. The molecule has 6 nitrogen and oxygen atoms in total. The third-order valence-electron chi connectivity index (χ3n) is 4.58. The van der Waals surface area contributed by atoms with Gasteiger partial charge in [0.25, 0.3) is 0 Å². The Hall–Kier alpha value is -0.740. The Morgan fingerprint density at radius 1 is 1.41 bits per heavy atom. The largest absolute Gasteiger partial charge is 0.495 e. The van der Waals surface area contributed by atoms with Crippen molar-refractivity contribution in [3.63, 3.8) is 0 Å². The summed E-state index contributed by atoms with van der Waals surface area (Å²) in [6.45, 7) is 11.1.